The molecule has 0 saturated heterocycles. The molecule has 0 spiro atoms. The first kappa shape index (κ1) is 44.0. The predicted octanol–water partition coefficient (Wildman–Crippen LogP) is 1.34. The van der Waals surface area contributed by atoms with Crippen molar-refractivity contribution in [3.05, 3.63) is 63.7 Å². The van der Waals surface area contributed by atoms with Crippen LogP contribution < -0.4 is 0 Å². The van der Waals surface area contributed by atoms with Crippen LogP contribution in [-0.2, 0) is 23.7 Å². The van der Waals surface area contributed by atoms with E-state index in [2.05, 4.69) is 0 Å². The van der Waals surface area contributed by atoms with Crippen LogP contribution in [0.3, 0.4) is 0 Å². The number of aromatic hydroxyl groups is 15. The molecule has 0 aliphatic carbocycles. The summed E-state index contributed by atoms with van der Waals surface area (Å²) >= 11 is 0. The van der Waals surface area contributed by atoms with Crippen molar-refractivity contribution in [2.75, 3.05) is 6.61 Å². The number of fused-ring (bicyclic) bond motifs is 6. The van der Waals surface area contributed by atoms with Gasteiger partial charge in [0.2, 0.25) is 23.0 Å². The Balaban J connectivity index is 1.42. The Labute approximate surface area is 368 Å². The van der Waals surface area contributed by atoms with Crippen molar-refractivity contribution in [2.45, 2.75) is 30.5 Å². The molecule has 0 unspecified atom stereocenters. The number of carbonyl (C=O) groups excluding carboxylic acids is 5. The standard InChI is InChI=1S/C41H28O26/c42-11-1-7(2-12(43)23(11)47)37(58)64-16-6-63-38(59)8-3-13(44)24(48)27(51)17(8)18-9(4-14(45)25(49)28(18)52)39(60)65-34(16)36-35-32(56)22-21(41(62)66-35)20(30(54)33(57)31(22)55)19-10(40(61)67-36)5-15(46)26(50)29(19)53/h1-5,16,32,34-36,42-57H,6H2/t16-,32+,34+,35+,36+/m1/s1. The lowest BCUT2D eigenvalue weighted by Gasteiger charge is -2.40. The highest BCUT2D eigenvalue weighted by Gasteiger charge is 2.54. The minimum absolute atomic E-state index is 0.331. The van der Waals surface area contributed by atoms with E-state index in [1.165, 1.54) is 0 Å². The van der Waals surface area contributed by atoms with Crippen molar-refractivity contribution in [1.82, 2.24) is 0 Å². The van der Waals surface area contributed by atoms with Crippen molar-refractivity contribution < 1.29 is 129 Å². The molecular weight excluding hydrogens is 908 g/mol. The van der Waals surface area contributed by atoms with Crippen LogP contribution in [0, 0.1) is 0 Å². The Morgan fingerprint density at radius 2 is 0.836 bits per heavy atom. The highest BCUT2D eigenvalue weighted by Crippen LogP contribution is 2.58. The average Bonchev–Trinajstić information content (AvgIpc) is 3.29. The van der Waals surface area contributed by atoms with Gasteiger partial charge < -0.3 is 105 Å². The molecule has 26 nitrogen and oxygen atoms in total. The van der Waals surface area contributed by atoms with Crippen LogP contribution >= 0.6 is 0 Å². The summed E-state index contributed by atoms with van der Waals surface area (Å²) in [5.74, 6) is -29.6. The first-order valence-corrected chi connectivity index (χ1v) is 18.6. The van der Waals surface area contributed by atoms with Gasteiger partial charge in [-0.15, -0.1) is 0 Å². The van der Waals surface area contributed by atoms with Crippen molar-refractivity contribution in [1.29, 1.82) is 0 Å². The van der Waals surface area contributed by atoms with E-state index in [0.29, 0.717) is 30.3 Å². The molecule has 0 aromatic heterocycles. The summed E-state index contributed by atoms with van der Waals surface area (Å²) in [7, 11) is 0. The molecule has 348 valence electrons. The van der Waals surface area contributed by atoms with Crippen LogP contribution in [-0.4, -0.2) is 143 Å². The molecule has 4 aliphatic rings. The number of aliphatic hydroxyl groups excluding tert-OH is 1. The Morgan fingerprint density at radius 1 is 0.433 bits per heavy atom. The summed E-state index contributed by atoms with van der Waals surface area (Å²) in [4.78, 5) is 70.9. The van der Waals surface area contributed by atoms with E-state index in [1.54, 1.807) is 0 Å². The van der Waals surface area contributed by atoms with Gasteiger partial charge in [-0.2, -0.15) is 0 Å². The van der Waals surface area contributed by atoms with Crippen LogP contribution in [0.4, 0.5) is 0 Å². The number of phenols is 15. The van der Waals surface area contributed by atoms with E-state index in [4.69, 9.17) is 23.7 Å². The molecule has 0 saturated carbocycles. The van der Waals surface area contributed by atoms with Crippen molar-refractivity contribution >= 4 is 29.8 Å². The Bertz CT molecular complexity index is 3060. The second-order valence-electron chi connectivity index (χ2n) is 14.7. The van der Waals surface area contributed by atoms with Gasteiger partial charge in [0.25, 0.3) is 0 Å². The number of carbonyl (C=O) groups is 5. The number of hydrogen-bond donors (Lipinski definition) is 16. The van der Waals surface area contributed by atoms with Gasteiger partial charge in [-0.05, 0) is 30.3 Å². The van der Waals surface area contributed by atoms with Crippen LogP contribution in [0.15, 0.2) is 30.3 Å². The van der Waals surface area contributed by atoms with Gasteiger partial charge in [-0.25, -0.2) is 24.0 Å². The van der Waals surface area contributed by atoms with Gasteiger partial charge in [-0.1, -0.05) is 0 Å². The third-order valence-corrected chi connectivity index (χ3v) is 10.9. The molecular formula is C41H28O26. The number of esters is 5. The summed E-state index contributed by atoms with van der Waals surface area (Å²) < 4.78 is 27.6. The van der Waals surface area contributed by atoms with Crippen LogP contribution in [0.1, 0.15) is 63.5 Å². The maximum Gasteiger partial charge on any atom is 0.339 e. The van der Waals surface area contributed by atoms with Crippen LogP contribution in [0.5, 0.6) is 86.2 Å². The van der Waals surface area contributed by atoms with Crippen LogP contribution in [0.25, 0.3) is 22.3 Å². The largest absolute Gasteiger partial charge is 0.504 e. The number of ether oxygens (including phenoxy) is 5. The molecule has 0 amide bonds. The maximum absolute atomic E-state index is 14.6. The van der Waals surface area contributed by atoms with E-state index in [1.807, 2.05) is 0 Å². The number of aliphatic hydroxyl groups is 1. The first-order valence-electron chi connectivity index (χ1n) is 18.6. The minimum atomic E-state index is -2.79. The molecule has 9 rings (SSSR count). The third-order valence-electron chi connectivity index (χ3n) is 10.9. The number of rotatable bonds is 3. The van der Waals surface area contributed by atoms with Crippen molar-refractivity contribution in [2.24, 2.45) is 0 Å². The third kappa shape index (κ3) is 6.57. The highest BCUT2D eigenvalue weighted by molar-refractivity contribution is 6.11. The van der Waals surface area contributed by atoms with E-state index in [9.17, 15) is 106 Å². The van der Waals surface area contributed by atoms with Gasteiger partial charge >= 0.3 is 29.8 Å². The Kier molecular flexibility index (Phi) is 10.1. The molecule has 5 aromatic carbocycles. The Morgan fingerprint density at radius 3 is 1.33 bits per heavy atom. The summed E-state index contributed by atoms with van der Waals surface area (Å²) in [5.41, 5.74) is -11.0. The Hall–Kier alpha value is -9.59. The van der Waals surface area contributed by atoms with Gasteiger partial charge in [0, 0.05) is 27.8 Å². The zero-order valence-electron chi connectivity index (χ0n) is 32.7. The first-order chi connectivity index (χ1) is 31.5. The molecule has 26 heteroatoms. The molecule has 0 radical (unpaired) electrons. The number of hydrogen-bond acceptors (Lipinski definition) is 26. The molecule has 67 heavy (non-hydrogen) atoms. The monoisotopic (exact) mass is 936 g/mol. The summed E-state index contributed by atoms with van der Waals surface area (Å²) in [6.45, 7) is -1.50. The maximum atomic E-state index is 14.6. The quantitative estimate of drug-likeness (QED) is 0.0689. The molecule has 4 aliphatic heterocycles. The van der Waals surface area contributed by atoms with E-state index in [0.717, 1.165) is 0 Å². The molecule has 5 atom stereocenters. The average molecular weight is 937 g/mol. The van der Waals surface area contributed by atoms with Crippen molar-refractivity contribution in [3.8, 4) is 108 Å². The SMILES string of the molecule is O=C(O[C@@H]1COC(=O)c2cc(O)c(O)c(O)c2-c2c(cc(O)c(O)c2O)C(=O)O[C@@H]1[C@@H]1OC(=O)c2cc(O)c(O)c(O)c2-c2c(O)c(O)c(O)c3c2C(=O)O[C@H]1[C@H]3O)c1cc(O)c(O)c(O)c1. The smallest absolute Gasteiger partial charge is 0.339 e. The van der Waals surface area contributed by atoms with E-state index < -0.39 is 209 Å². The molecule has 0 fully saturated rings. The van der Waals surface area contributed by atoms with Crippen molar-refractivity contribution in [3.63, 3.8) is 0 Å². The van der Waals surface area contributed by atoms with E-state index >= 15 is 0 Å². The topological polar surface area (TPSA) is 455 Å². The lowest BCUT2D eigenvalue weighted by Crippen LogP contribution is -2.56. The van der Waals surface area contributed by atoms with Crippen LogP contribution in [0.2, 0.25) is 0 Å². The fourth-order valence-corrected chi connectivity index (χ4v) is 7.72. The fourth-order valence-electron chi connectivity index (χ4n) is 7.72. The predicted molar refractivity (Wildman–Crippen MR) is 207 cm³/mol. The molecule has 4 heterocycles. The zero-order chi connectivity index (χ0) is 49.0. The summed E-state index contributed by atoms with van der Waals surface area (Å²) in [6, 6.07) is 2.15. The van der Waals surface area contributed by atoms with Gasteiger partial charge in [0.1, 0.15) is 12.7 Å². The fraction of sp³-hybridized carbons (Fsp3) is 0.146. The number of cyclic esters (lactones) is 2. The molecule has 5 aromatic rings. The van der Waals surface area contributed by atoms with Gasteiger partial charge in [0.15, 0.2) is 87.7 Å². The summed E-state index contributed by atoms with van der Waals surface area (Å²) in [5, 5.41) is 172. The summed E-state index contributed by atoms with van der Waals surface area (Å²) in [6.07, 6.45) is -13.4. The number of phenolic OH excluding ortho intramolecular Hbond substituents is 15. The lowest BCUT2D eigenvalue weighted by atomic mass is 9.82. The second kappa shape index (κ2) is 15.3. The number of benzene rings is 5. The highest BCUT2D eigenvalue weighted by atomic mass is 16.6. The lowest BCUT2D eigenvalue weighted by molar-refractivity contribution is -0.154. The second-order valence-corrected chi connectivity index (χ2v) is 14.7. The van der Waals surface area contributed by atoms with Gasteiger partial charge in [-0.3, -0.25) is 0 Å². The zero-order valence-corrected chi connectivity index (χ0v) is 32.7. The molecule has 4 bridgehead atoms. The molecule has 16 N–H and O–H groups in total. The minimum Gasteiger partial charge on any atom is -0.504 e. The normalized spacial score (nSPS) is 19.9. The van der Waals surface area contributed by atoms with E-state index in [-0.39, 0.29) is 0 Å². The van der Waals surface area contributed by atoms with Gasteiger partial charge in [0.05, 0.1) is 27.8 Å².